The van der Waals surface area contributed by atoms with Gasteiger partial charge in [-0.25, -0.2) is 4.99 Å². The van der Waals surface area contributed by atoms with E-state index in [1.165, 1.54) is 9.75 Å². The first-order valence-electron chi connectivity index (χ1n) is 8.46. The zero-order valence-electron chi connectivity index (χ0n) is 14.8. The van der Waals surface area contributed by atoms with Crippen LogP contribution in [0.3, 0.4) is 0 Å². The fourth-order valence-corrected chi connectivity index (χ4v) is 3.73. The Morgan fingerprint density at radius 1 is 1.38 bits per heavy atom. The van der Waals surface area contributed by atoms with Crippen LogP contribution in [0.4, 0.5) is 0 Å². The lowest BCUT2D eigenvalue weighted by molar-refractivity contribution is -0.128. The van der Waals surface area contributed by atoms with Crippen LogP contribution in [-0.4, -0.2) is 49.0 Å². The summed E-state index contributed by atoms with van der Waals surface area (Å²) >= 11 is 1.83. The molecule has 0 aliphatic carbocycles. The molecule has 1 aromatic heterocycles. The Kier molecular flexibility index (Phi) is 9.65. The number of hydrogen-bond donors (Lipinski definition) is 2. The number of likely N-dealkylation sites (tertiary alicyclic amines) is 1. The number of aliphatic imine (C=N–C) groups is 1. The Hall–Kier alpha value is -0.830. The summed E-state index contributed by atoms with van der Waals surface area (Å²) in [6.07, 6.45) is 3.19. The van der Waals surface area contributed by atoms with Crippen LogP contribution in [0.25, 0.3) is 0 Å². The van der Waals surface area contributed by atoms with Crippen molar-refractivity contribution in [1.82, 2.24) is 15.5 Å². The summed E-state index contributed by atoms with van der Waals surface area (Å²) in [6.45, 7) is 9.08. The van der Waals surface area contributed by atoms with E-state index in [1.54, 1.807) is 0 Å². The Morgan fingerprint density at radius 2 is 2.08 bits per heavy atom. The van der Waals surface area contributed by atoms with E-state index in [1.807, 2.05) is 23.2 Å². The molecule has 0 radical (unpaired) electrons. The average Bonchev–Trinajstić information content (AvgIpc) is 3.16. The van der Waals surface area contributed by atoms with Crippen molar-refractivity contribution in [2.24, 2.45) is 4.99 Å². The van der Waals surface area contributed by atoms with Crippen LogP contribution in [0.1, 0.15) is 36.4 Å². The van der Waals surface area contributed by atoms with Gasteiger partial charge in [0.1, 0.15) is 6.54 Å². The zero-order chi connectivity index (χ0) is 16.7. The number of rotatable bonds is 6. The number of amides is 1. The molecule has 0 aromatic carbocycles. The van der Waals surface area contributed by atoms with E-state index in [0.29, 0.717) is 0 Å². The van der Waals surface area contributed by atoms with Crippen LogP contribution in [0.2, 0.25) is 0 Å². The van der Waals surface area contributed by atoms with Crippen LogP contribution in [-0.2, 0) is 11.2 Å². The van der Waals surface area contributed by atoms with E-state index >= 15 is 0 Å². The van der Waals surface area contributed by atoms with Crippen molar-refractivity contribution in [2.75, 3.05) is 26.2 Å². The summed E-state index contributed by atoms with van der Waals surface area (Å²) in [4.78, 5) is 21.2. The summed E-state index contributed by atoms with van der Waals surface area (Å²) in [5.41, 5.74) is 0. The molecular weight excluding hydrogens is 435 g/mol. The number of carbonyl (C=O) groups excluding carboxylic acids is 1. The summed E-state index contributed by atoms with van der Waals surface area (Å²) in [5.74, 6) is 0.849. The van der Waals surface area contributed by atoms with Crippen molar-refractivity contribution in [3.8, 4) is 0 Å². The summed E-state index contributed by atoms with van der Waals surface area (Å²) < 4.78 is 0. The van der Waals surface area contributed by atoms with Gasteiger partial charge in [0.25, 0.3) is 0 Å². The van der Waals surface area contributed by atoms with Crippen LogP contribution < -0.4 is 10.6 Å². The molecule has 5 nitrogen and oxygen atoms in total. The molecule has 1 atom stereocenters. The van der Waals surface area contributed by atoms with Gasteiger partial charge < -0.3 is 15.5 Å². The van der Waals surface area contributed by atoms with Crippen molar-refractivity contribution >= 4 is 47.2 Å². The number of halogens is 1. The SMILES string of the molecule is CCNC(=NCC(=O)N1CCCC1)NC(C)Cc1ccc(C)s1.I. The third kappa shape index (κ3) is 6.96. The predicted molar refractivity (Wildman–Crippen MR) is 113 cm³/mol. The Balaban J connectivity index is 0.00000288. The van der Waals surface area contributed by atoms with Crippen molar-refractivity contribution in [2.45, 2.75) is 46.1 Å². The van der Waals surface area contributed by atoms with Gasteiger partial charge in [0.15, 0.2) is 5.96 Å². The number of carbonyl (C=O) groups is 1. The smallest absolute Gasteiger partial charge is 0.244 e. The molecule has 1 unspecified atom stereocenters. The summed E-state index contributed by atoms with van der Waals surface area (Å²) in [7, 11) is 0. The van der Waals surface area contributed by atoms with Crippen molar-refractivity contribution < 1.29 is 4.79 Å². The lowest BCUT2D eigenvalue weighted by Crippen LogP contribution is -2.43. The molecule has 2 N–H and O–H groups in total. The molecular formula is C17H29IN4OS. The molecule has 2 heterocycles. The van der Waals surface area contributed by atoms with Gasteiger partial charge in [0, 0.05) is 41.9 Å². The van der Waals surface area contributed by atoms with Gasteiger partial charge in [-0.2, -0.15) is 0 Å². The van der Waals surface area contributed by atoms with E-state index in [9.17, 15) is 4.79 Å². The number of nitrogens with zero attached hydrogens (tertiary/aromatic N) is 2. The number of hydrogen-bond acceptors (Lipinski definition) is 3. The largest absolute Gasteiger partial charge is 0.357 e. The van der Waals surface area contributed by atoms with E-state index in [2.05, 4.69) is 41.6 Å². The first kappa shape index (κ1) is 21.2. The average molecular weight is 464 g/mol. The van der Waals surface area contributed by atoms with Crippen LogP contribution in [0, 0.1) is 6.92 Å². The minimum Gasteiger partial charge on any atom is -0.357 e. The highest BCUT2D eigenvalue weighted by molar-refractivity contribution is 14.0. The van der Waals surface area contributed by atoms with Gasteiger partial charge in [-0.3, -0.25) is 4.79 Å². The maximum absolute atomic E-state index is 12.1. The van der Waals surface area contributed by atoms with E-state index in [0.717, 1.165) is 44.9 Å². The van der Waals surface area contributed by atoms with Crippen molar-refractivity contribution in [1.29, 1.82) is 0 Å². The summed E-state index contributed by atoms with van der Waals surface area (Å²) in [5, 5.41) is 6.62. The van der Waals surface area contributed by atoms with Gasteiger partial charge >= 0.3 is 0 Å². The second-order valence-corrected chi connectivity index (χ2v) is 7.42. The third-order valence-corrected chi connectivity index (χ3v) is 4.88. The summed E-state index contributed by atoms with van der Waals surface area (Å²) in [6, 6.07) is 4.60. The Morgan fingerprint density at radius 3 is 2.67 bits per heavy atom. The second kappa shape index (κ2) is 10.9. The quantitative estimate of drug-likeness (QED) is 0.387. The van der Waals surface area contributed by atoms with Crippen LogP contribution in [0.15, 0.2) is 17.1 Å². The molecule has 7 heteroatoms. The molecule has 1 aliphatic rings. The minimum absolute atomic E-state index is 0. The maximum atomic E-state index is 12.1. The molecule has 2 rings (SSSR count). The Bertz CT molecular complexity index is 540. The molecule has 1 aliphatic heterocycles. The fraction of sp³-hybridized carbons (Fsp3) is 0.647. The molecule has 1 fully saturated rings. The lowest BCUT2D eigenvalue weighted by Gasteiger charge is -2.18. The third-order valence-electron chi connectivity index (χ3n) is 3.86. The van der Waals surface area contributed by atoms with E-state index in [-0.39, 0.29) is 42.5 Å². The first-order valence-corrected chi connectivity index (χ1v) is 9.28. The highest BCUT2D eigenvalue weighted by atomic mass is 127. The molecule has 0 saturated carbocycles. The highest BCUT2D eigenvalue weighted by Crippen LogP contribution is 2.16. The number of aryl methyl sites for hydroxylation is 1. The number of thiophene rings is 1. The molecule has 0 spiro atoms. The second-order valence-electron chi connectivity index (χ2n) is 6.04. The highest BCUT2D eigenvalue weighted by Gasteiger charge is 2.17. The van der Waals surface area contributed by atoms with Gasteiger partial charge in [-0.05, 0) is 45.7 Å². The fourth-order valence-electron chi connectivity index (χ4n) is 2.71. The molecule has 136 valence electrons. The lowest BCUT2D eigenvalue weighted by atomic mass is 10.2. The predicted octanol–water partition coefficient (Wildman–Crippen LogP) is 2.78. The normalized spacial score (nSPS) is 15.8. The number of nitrogens with one attached hydrogen (secondary N) is 2. The Labute approximate surface area is 166 Å². The number of guanidine groups is 1. The van der Waals surface area contributed by atoms with Gasteiger partial charge in [-0.1, -0.05) is 0 Å². The molecule has 1 aromatic rings. The maximum Gasteiger partial charge on any atom is 0.244 e. The van der Waals surface area contributed by atoms with E-state index in [4.69, 9.17) is 0 Å². The van der Waals surface area contributed by atoms with Gasteiger partial charge in [0.05, 0.1) is 0 Å². The van der Waals surface area contributed by atoms with Crippen LogP contribution in [0.5, 0.6) is 0 Å². The minimum atomic E-state index is 0. The van der Waals surface area contributed by atoms with E-state index < -0.39 is 0 Å². The van der Waals surface area contributed by atoms with Gasteiger partial charge in [-0.15, -0.1) is 35.3 Å². The standard InChI is InChI=1S/C17H28N4OS.HI/c1-4-18-17(19-12-16(22)21-9-5-6-10-21)20-13(2)11-15-8-7-14(3)23-15;/h7-8,13H,4-6,9-12H2,1-3H3,(H2,18,19,20);1H. The molecule has 24 heavy (non-hydrogen) atoms. The molecule has 1 amide bonds. The topological polar surface area (TPSA) is 56.7 Å². The van der Waals surface area contributed by atoms with Crippen molar-refractivity contribution in [3.05, 3.63) is 21.9 Å². The van der Waals surface area contributed by atoms with Crippen molar-refractivity contribution in [3.63, 3.8) is 0 Å². The monoisotopic (exact) mass is 464 g/mol. The first-order chi connectivity index (χ1) is 11.1. The zero-order valence-corrected chi connectivity index (χ0v) is 17.9. The molecule has 1 saturated heterocycles. The molecule has 0 bridgehead atoms. The van der Waals surface area contributed by atoms with Gasteiger partial charge in [0.2, 0.25) is 5.91 Å². The van der Waals surface area contributed by atoms with Crippen LogP contribution >= 0.6 is 35.3 Å².